The first kappa shape index (κ1) is 17.0. The minimum Gasteiger partial charge on any atom is -0.507 e. The van der Waals surface area contributed by atoms with Gasteiger partial charge in [0.25, 0.3) is 0 Å². The van der Waals surface area contributed by atoms with Crippen LogP contribution in [0.3, 0.4) is 0 Å². The quantitative estimate of drug-likeness (QED) is 0.791. The summed E-state index contributed by atoms with van der Waals surface area (Å²) in [5.41, 5.74) is 4.68. The molecule has 0 bridgehead atoms. The Labute approximate surface area is 146 Å². The Morgan fingerprint density at radius 3 is 2.62 bits per heavy atom. The molecule has 0 saturated carbocycles. The van der Waals surface area contributed by atoms with E-state index in [-0.39, 0.29) is 0 Å². The zero-order valence-electron chi connectivity index (χ0n) is 15.3. The number of quaternary nitrogens is 1. The maximum Gasteiger partial charge on any atom is 0.123 e. The second-order valence-corrected chi connectivity index (χ2v) is 7.87. The summed E-state index contributed by atoms with van der Waals surface area (Å²) in [5.74, 6) is 0.377. The van der Waals surface area contributed by atoms with E-state index in [1.807, 2.05) is 12.1 Å². The second-order valence-electron chi connectivity index (χ2n) is 7.87. The molecular weight excluding hydrogens is 294 g/mol. The summed E-state index contributed by atoms with van der Waals surface area (Å²) in [6.45, 7) is 3.37. The van der Waals surface area contributed by atoms with Crippen LogP contribution in [0.2, 0.25) is 0 Å². The SMILES string of the molecule is Cc1ccc(O)c(-c2ccccc2CCC2CCCC[N+]2(C)C)c1. The van der Waals surface area contributed by atoms with Crippen LogP contribution in [-0.4, -0.2) is 36.3 Å². The van der Waals surface area contributed by atoms with Gasteiger partial charge in [0.15, 0.2) is 0 Å². The molecule has 1 fully saturated rings. The lowest BCUT2D eigenvalue weighted by molar-refractivity contribution is -0.920. The number of rotatable bonds is 4. The Hall–Kier alpha value is -1.80. The number of nitrogens with zero attached hydrogens (tertiary/aromatic N) is 1. The number of benzene rings is 2. The first-order valence-corrected chi connectivity index (χ1v) is 9.18. The first-order chi connectivity index (χ1) is 11.5. The molecule has 0 radical (unpaired) electrons. The van der Waals surface area contributed by atoms with Crippen molar-refractivity contribution in [3.63, 3.8) is 0 Å². The van der Waals surface area contributed by atoms with Gasteiger partial charge in [0.05, 0.1) is 26.7 Å². The molecule has 1 saturated heterocycles. The Balaban J connectivity index is 1.83. The molecule has 1 atom stereocenters. The van der Waals surface area contributed by atoms with Gasteiger partial charge in [-0.15, -0.1) is 0 Å². The third-order valence-corrected chi connectivity index (χ3v) is 5.72. The molecule has 1 N–H and O–H groups in total. The summed E-state index contributed by atoms with van der Waals surface area (Å²) in [7, 11) is 4.75. The first-order valence-electron chi connectivity index (χ1n) is 9.18. The number of phenols is 1. The van der Waals surface area contributed by atoms with Crippen molar-refractivity contribution in [2.45, 2.75) is 45.1 Å². The molecule has 1 heterocycles. The van der Waals surface area contributed by atoms with E-state index >= 15 is 0 Å². The topological polar surface area (TPSA) is 20.2 Å². The van der Waals surface area contributed by atoms with Crippen LogP contribution in [0.1, 0.15) is 36.8 Å². The van der Waals surface area contributed by atoms with Crippen molar-refractivity contribution in [2.75, 3.05) is 20.6 Å². The second kappa shape index (κ2) is 6.98. The normalized spacial score (nSPS) is 20.0. The molecule has 1 aliphatic heterocycles. The summed E-state index contributed by atoms with van der Waals surface area (Å²) in [6, 6.07) is 15.2. The summed E-state index contributed by atoms with van der Waals surface area (Å²) in [5, 5.41) is 10.3. The minimum atomic E-state index is 0.377. The third-order valence-electron chi connectivity index (χ3n) is 5.72. The van der Waals surface area contributed by atoms with Crippen LogP contribution >= 0.6 is 0 Å². The minimum absolute atomic E-state index is 0.377. The number of piperidine rings is 1. The fourth-order valence-electron chi connectivity index (χ4n) is 4.11. The van der Waals surface area contributed by atoms with Gasteiger partial charge in [-0.25, -0.2) is 0 Å². The highest BCUT2D eigenvalue weighted by molar-refractivity contribution is 5.73. The van der Waals surface area contributed by atoms with Gasteiger partial charge in [-0.2, -0.15) is 0 Å². The Kier molecular flexibility index (Phi) is 4.96. The van der Waals surface area contributed by atoms with Crippen LogP contribution in [0.15, 0.2) is 42.5 Å². The van der Waals surface area contributed by atoms with Crippen LogP contribution in [0.5, 0.6) is 5.75 Å². The third kappa shape index (κ3) is 3.64. The average molecular weight is 324 g/mol. The van der Waals surface area contributed by atoms with E-state index in [0.29, 0.717) is 5.75 Å². The molecular formula is C22H30NO+. The zero-order valence-corrected chi connectivity index (χ0v) is 15.3. The van der Waals surface area contributed by atoms with E-state index in [1.165, 1.54) is 48.9 Å². The van der Waals surface area contributed by atoms with Gasteiger partial charge in [-0.05, 0) is 55.9 Å². The standard InChI is InChI=1S/C22H29NO/c1-17-11-14-22(24)21(16-17)20-10-5-4-8-18(20)12-13-19-9-6-7-15-23(19,2)3/h4-5,8,10-11,14,16,19H,6-7,9,12-13,15H2,1-3H3/p+1. The molecule has 0 spiro atoms. The summed E-state index contributed by atoms with van der Waals surface area (Å²) >= 11 is 0. The van der Waals surface area contributed by atoms with Crippen LogP contribution in [-0.2, 0) is 6.42 Å². The fourth-order valence-corrected chi connectivity index (χ4v) is 4.11. The van der Waals surface area contributed by atoms with Crippen LogP contribution in [0.4, 0.5) is 0 Å². The maximum atomic E-state index is 10.3. The van der Waals surface area contributed by atoms with Crippen LogP contribution in [0.25, 0.3) is 11.1 Å². The highest BCUT2D eigenvalue weighted by Crippen LogP contribution is 2.34. The predicted molar refractivity (Wildman–Crippen MR) is 101 cm³/mol. The molecule has 2 aromatic rings. The summed E-state index contributed by atoms with van der Waals surface area (Å²) < 4.78 is 1.15. The molecule has 1 aliphatic rings. The van der Waals surface area contributed by atoms with E-state index < -0.39 is 0 Å². The van der Waals surface area contributed by atoms with Crippen molar-refractivity contribution in [1.82, 2.24) is 0 Å². The van der Waals surface area contributed by atoms with Gasteiger partial charge in [0.2, 0.25) is 0 Å². The van der Waals surface area contributed by atoms with Crippen molar-refractivity contribution in [3.8, 4) is 16.9 Å². The van der Waals surface area contributed by atoms with E-state index in [9.17, 15) is 5.11 Å². The fraction of sp³-hybridized carbons (Fsp3) is 0.455. The van der Waals surface area contributed by atoms with Gasteiger partial charge in [0.1, 0.15) is 5.75 Å². The molecule has 2 aromatic carbocycles. The van der Waals surface area contributed by atoms with Gasteiger partial charge >= 0.3 is 0 Å². The van der Waals surface area contributed by atoms with Crippen molar-refractivity contribution in [3.05, 3.63) is 53.6 Å². The Bertz CT molecular complexity index is 705. The van der Waals surface area contributed by atoms with E-state index in [2.05, 4.69) is 51.4 Å². The lowest BCUT2D eigenvalue weighted by Gasteiger charge is -2.42. The number of hydrogen-bond acceptors (Lipinski definition) is 1. The molecule has 2 heteroatoms. The van der Waals surface area contributed by atoms with Crippen LogP contribution in [0, 0.1) is 6.92 Å². The molecule has 2 nitrogen and oxygen atoms in total. The maximum absolute atomic E-state index is 10.3. The zero-order chi connectivity index (χ0) is 17.2. The molecule has 1 unspecified atom stereocenters. The molecule has 128 valence electrons. The van der Waals surface area contributed by atoms with Crippen molar-refractivity contribution < 1.29 is 9.59 Å². The van der Waals surface area contributed by atoms with Crippen molar-refractivity contribution in [1.29, 1.82) is 0 Å². The van der Waals surface area contributed by atoms with Gasteiger partial charge in [0, 0.05) is 12.0 Å². The van der Waals surface area contributed by atoms with Gasteiger partial charge < -0.3 is 9.59 Å². The summed E-state index contributed by atoms with van der Waals surface area (Å²) in [4.78, 5) is 0. The van der Waals surface area contributed by atoms with Crippen molar-refractivity contribution >= 4 is 0 Å². The molecule has 0 aliphatic carbocycles. The van der Waals surface area contributed by atoms with Crippen molar-refractivity contribution in [2.24, 2.45) is 0 Å². The lowest BCUT2D eigenvalue weighted by Crippen LogP contribution is -2.51. The average Bonchev–Trinajstić information content (AvgIpc) is 2.56. The lowest BCUT2D eigenvalue weighted by atomic mass is 9.90. The van der Waals surface area contributed by atoms with Gasteiger partial charge in [-0.1, -0.05) is 35.9 Å². The molecule has 0 aromatic heterocycles. The molecule has 24 heavy (non-hydrogen) atoms. The molecule has 3 rings (SSSR count). The number of likely N-dealkylation sites (tertiary alicyclic amines) is 1. The number of aromatic hydroxyl groups is 1. The Morgan fingerprint density at radius 2 is 1.83 bits per heavy atom. The van der Waals surface area contributed by atoms with Crippen LogP contribution < -0.4 is 0 Å². The predicted octanol–water partition coefficient (Wildman–Crippen LogP) is 4.93. The monoisotopic (exact) mass is 324 g/mol. The smallest absolute Gasteiger partial charge is 0.123 e. The highest BCUT2D eigenvalue weighted by atomic mass is 16.3. The van der Waals surface area contributed by atoms with E-state index in [4.69, 9.17) is 0 Å². The largest absolute Gasteiger partial charge is 0.507 e. The van der Waals surface area contributed by atoms with E-state index in [0.717, 1.165) is 22.5 Å². The Morgan fingerprint density at radius 1 is 1.04 bits per heavy atom. The number of aryl methyl sites for hydroxylation is 2. The van der Waals surface area contributed by atoms with E-state index in [1.54, 1.807) is 0 Å². The summed E-state index contributed by atoms with van der Waals surface area (Å²) in [6.07, 6.45) is 6.36. The highest BCUT2D eigenvalue weighted by Gasteiger charge is 2.31. The number of phenolic OH excluding ortho intramolecular Hbond substituents is 1. The number of hydrogen-bond donors (Lipinski definition) is 1. The molecule has 0 amide bonds. The van der Waals surface area contributed by atoms with Gasteiger partial charge in [-0.3, -0.25) is 0 Å².